The van der Waals surface area contributed by atoms with Crippen LogP contribution in [0.15, 0.2) is 41.3 Å². The van der Waals surface area contributed by atoms with E-state index in [2.05, 4.69) is 6.58 Å². The molecule has 1 aromatic carbocycles. The van der Waals surface area contributed by atoms with Gasteiger partial charge >= 0.3 is 5.97 Å². The van der Waals surface area contributed by atoms with Crippen LogP contribution in [-0.2, 0) is 20.7 Å². The molecule has 0 aliphatic rings. The molecule has 5 nitrogen and oxygen atoms in total. The van der Waals surface area contributed by atoms with Crippen LogP contribution >= 0.6 is 0 Å². The molecule has 1 rings (SSSR count). The van der Waals surface area contributed by atoms with Crippen LogP contribution in [0, 0.1) is 0 Å². The number of alkyl halides is 2. The number of hydrogen-bond donors (Lipinski definition) is 2. The highest BCUT2D eigenvalue weighted by atomic mass is 32.2. The molecule has 0 amide bonds. The number of carbonyl (C=O) groups is 1. The molecule has 0 heterocycles. The van der Waals surface area contributed by atoms with E-state index >= 15 is 0 Å². The Morgan fingerprint density at radius 3 is 2.50 bits per heavy atom. The number of aliphatic carboxylic acids is 1. The Hall–Kier alpha value is -1.80. The third kappa shape index (κ3) is 4.88. The fraction of sp³-hybridized carbons (Fsp3) is 0.357. The fourth-order valence-corrected chi connectivity index (χ4v) is 2.95. The lowest BCUT2D eigenvalue weighted by molar-refractivity contribution is -0.138. The maximum Gasteiger partial charge on any atom is 0.322 e. The summed E-state index contributed by atoms with van der Waals surface area (Å²) in [6.45, 7) is 5.73. The van der Waals surface area contributed by atoms with Gasteiger partial charge < -0.3 is 5.11 Å². The number of hydrogen-bond acceptors (Lipinski definition) is 3. The Morgan fingerprint density at radius 2 is 2.05 bits per heavy atom. The van der Waals surface area contributed by atoms with Gasteiger partial charge in [0.1, 0.15) is 6.04 Å². The molecule has 1 aromatic rings. The van der Waals surface area contributed by atoms with Crippen molar-refractivity contribution in [3.05, 3.63) is 42.0 Å². The lowest BCUT2D eigenvalue weighted by Crippen LogP contribution is -2.40. The van der Waals surface area contributed by atoms with E-state index in [9.17, 15) is 22.0 Å². The summed E-state index contributed by atoms with van der Waals surface area (Å²) >= 11 is 0. The summed E-state index contributed by atoms with van der Waals surface area (Å²) in [4.78, 5) is 10.7. The predicted octanol–water partition coefficient (Wildman–Crippen LogP) is 2.50. The number of sulfonamides is 1. The summed E-state index contributed by atoms with van der Waals surface area (Å²) in [6, 6.07) is 2.81. The summed E-state index contributed by atoms with van der Waals surface area (Å²) < 4.78 is 52.8. The topological polar surface area (TPSA) is 83.5 Å². The van der Waals surface area contributed by atoms with Crippen molar-refractivity contribution in [2.24, 2.45) is 0 Å². The van der Waals surface area contributed by atoms with Crippen LogP contribution in [-0.4, -0.2) is 25.5 Å². The Labute approximate surface area is 127 Å². The molecule has 0 radical (unpaired) electrons. The van der Waals surface area contributed by atoms with E-state index in [-0.39, 0.29) is 6.42 Å². The van der Waals surface area contributed by atoms with Crippen LogP contribution in [0.1, 0.15) is 25.8 Å². The minimum absolute atomic E-state index is 0.0990. The van der Waals surface area contributed by atoms with Crippen LogP contribution in [0.4, 0.5) is 8.78 Å². The first-order chi connectivity index (χ1) is 9.93. The smallest absolute Gasteiger partial charge is 0.322 e. The lowest BCUT2D eigenvalue weighted by Gasteiger charge is -2.16. The van der Waals surface area contributed by atoms with Gasteiger partial charge in [0.15, 0.2) is 0 Å². The molecule has 1 atom stereocenters. The molecule has 122 valence electrons. The van der Waals surface area contributed by atoms with Gasteiger partial charge in [-0.2, -0.15) is 4.72 Å². The lowest BCUT2D eigenvalue weighted by atomic mass is 10.1. The summed E-state index contributed by atoms with van der Waals surface area (Å²) in [5.74, 6) is -4.57. The van der Waals surface area contributed by atoms with Gasteiger partial charge in [0, 0.05) is 12.5 Å². The Morgan fingerprint density at radius 1 is 1.45 bits per heavy atom. The van der Waals surface area contributed by atoms with Crippen molar-refractivity contribution in [2.45, 2.75) is 37.1 Å². The molecule has 0 fully saturated rings. The number of benzene rings is 1. The van der Waals surface area contributed by atoms with Crippen LogP contribution in [0.5, 0.6) is 0 Å². The fourth-order valence-electron chi connectivity index (χ4n) is 1.72. The van der Waals surface area contributed by atoms with Gasteiger partial charge in [-0.15, -0.1) is 6.58 Å². The maximum atomic E-state index is 13.3. The van der Waals surface area contributed by atoms with Crippen molar-refractivity contribution < 1.29 is 27.1 Å². The van der Waals surface area contributed by atoms with Gasteiger partial charge in [0.25, 0.3) is 5.92 Å². The van der Waals surface area contributed by atoms with E-state index in [4.69, 9.17) is 5.11 Å². The van der Waals surface area contributed by atoms with Crippen molar-refractivity contribution in [1.29, 1.82) is 0 Å². The van der Waals surface area contributed by atoms with Gasteiger partial charge in [-0.05, 0) is 25.5 Å². The van der Waals surface area contributed by atoms with Gasteiger partial charge in [-0.3, -0.25) is 4.79 Å². The van der Waals surface area contributed by atoms with Gasteiger partial charge in [0.05, 0.1) is 4.90 Å². The van der Waals surface area contributed by atoms with Crippen molar-refractivity contribution in [3.8, 4) is 0 Å². The largest absolute Gasteiger partial charge is 0.480 e. The minimum atomic E-state index is -4.24. The molecule has 0 aromatic heterocycles. The number of carboxylic acids is 1. The molecule has 0 aliphatic heterocycles. The van der Waals surface area contributed by atoms with E-state index in [1.54, 1.807) is 6.92 Å². The van der Waals surface area contributed by atoms with Crippen LogP contribution < -0.4 is 4.72 Å². The molecule has 0 bridgehead atoms. The number of rotatable bonds is 7. The highest BCUT2D eigenvalue weighted by Crippen LogP contribution is 2.28. The van der Waals surface area contributed by atoms with E-state index in [1.807, 2.05) is 4.72 Å². The third-order valence-corrected chi connectivity index (χ3v) is 4.27. The molecule has 1 unspecified atom stereocenters. The first-order valence-corrected chi connectivity index (χ1v) is 7.79. The van der Waals surface area contributed by atoms with E-state index in [1.165, 1.54) is 6.07 Å². The highest BCUT2D eigenvalue weighted by molar-refractivity contribution is 7.89. The average molecular weight is 333 g/mol. The van der Waals surface area contributed by atoms with E-state index in [0.29, 0.717) is 12.5 Å². The maximum absolute atomic E-state index is 13.3. The predicted molar refractivity (Wildman–Crippen MR) is 77.2 cm³/mol. The number of carboxylic acid groups (broad SMARTS) is 1. The summed E-state index contributed by atoms with van der Waals surface area (Å²) in [5, 5.41) is 9.03. The van der Waals surface area contributed by atoms with Gasteiger partial charge in [-0.1, -0.05) is 17.7 Å². The van der Waals surface area contributed by atoms with Crippen molar-refractivity contribution >= 4 is 16.0 Å². The van der Waals surface area contributed by atoms with Crippen molar-refractivity contribution in [2.75, 3.05) is 0 Å². The standard InChI is InChI=1S/C14H17F2NO4S/c1-9(2)7-12(13(18)19)17-22(20,21)11-6-4-5-10(8-11)14(3,15)16/h4-6,8,12,17H,1,7H2,2-3H3,(H,18,19). The number of nitrogens with one attached hydrogen (secondary N) is 1. The molecule has 0 saturated carbocycles. The summed E-state index contributed by atoms with van der Waals surface area (Å²) in [7, 11) is -4.24. The SMILES string of the molecule is C=C(C)CC(NS(=O)(=O)c1cccc(C(C)(F)F)c1)C(=O)O. The molecule has 22 heavy (non-hydrogen) atoms. The Bertz CT molecular complexity index is 680. The monoisotopic (exact) mass is 333 g/mol. The third-order valence-electron chi connectivity index (χ3n) is 2.80. The van der Waals surface area contributed by atoms with Gasteiger partial charge in [-0.25, -0.2) is 17.2 Å². The van der Waals surface area contributed by atoms with Crippen LogP contribution in [0.25, 0.3) is 0 Å². The molecule has 0 spiro atoms. The highest BCUT2D eigenvalue weighted by Gasteiger charge is 2.29. The zero-order chi connectivity index (χ0) is 17.1. The zero-order valence-corrected chi connectivity index (χ0v) is 13.0. The normalized spacial score (nSPS) is 13.6. The second-order valence-corrected chi connectivity index (χ2v) is 6.80. The summed E-state index contributed by atoms with van der Waals surface area (Å²) in [5.41, 5.74) is 0.00564. The van der Waals surface area contributed by atoms with Crippen LogP contribution in [0.2, 0.25) is 0 Å². The molecule has 8 heteroatoms. The van der Waals surface area contributed by atoms with Crippen LogP contribution in [0.3, 0.4) is 0 Å². The van der Waals surface area contributed by atoms with Crippen molar-refractivity contribution in [3.63, 3.8) is 0 Å². The molecular formula is C14H17F2NO4S. The average Bonchev–Trinajstić information content (AvgIpc) is 2.36. The second-order valence-electron chi connectivity index (χ2n) is 5.09. The molecule has 2 N–H and O–H groups in total. The zero-order valence-electron chi connectivity index (χ0n) is 12.1. The first kappa shape index (κ1) is 18.2. The molecular weight excluding hydrogens is 316 g/mol. The van der Waals surface area contributed by atoms with Crippen molar-refractivity contribution in [1.82, 2.24) is 4.72 Å². The van der Waals surface area contributed by atoms with E-state index in [0.717, 1.165) is 18.2 Å². The summed E-state index contributed by atoms with van der Waals surface area (Å²) in [6.07, 6.45) is -0.0990. The Kier molecular flexibility index (Phi) is 5.42. The first-order valence-electron chi connectivity index (χ1n) is 6.31. The number of halogens is 2. The van der Waals surface area contributed by atoms with E-state index < -0.39 is 38.4 Å². The minimum Gasteiger partial charge on any atom is -0.480 e. The molecule has 0 aliphatic carbocycles. The quantitative estimate of drug-likeness (QED) is 0.751. The molecule has 0 saturated heterocycles. The second kappa shape index (κ2) is 6.53. The van der Waals surface area contributed by atoms with Gasteiger partial charge in [0.2, 0.25) is 10.0 Å². The Balaban J connectivity index is 3.13.